The highest BCUT2D eigenvalue weighted by atomic mass is 16.3. The Morgan fingerprint density at radius 3 is 2.65 bits per heavy atom. The number of aromatic nitrogens is 2. The minimum atomic E-state index is 0.682. The summed E-state index contributed by atoms with van der Waals surface area (Å²) in [7, 11) is 3.71. The highest BCUT2D eigenvalue weighted by molar-refractivity contribution is 5.79. The second-order valence-electron chi connectivity index (χ2n) is 4.68. The van der Waals surface area contributed by atoms with Gasteiger partial charge in [0.1, 0.15) is 0 Å². The molecule has 0 unspecified atom stereocenters. The summed E-state index contributed by atoms with van der Waals surface area (Å²) in [5, 5.41) is 10.9. The first-order valence-corrected chi connectivity index (χ1v) is 6.56. The SMILES string of the molecule is CN=C(NCc1ccoc1)NCc1c(C)nn(C)c1C. The van der Waals surface area contributed by atoms with Gasteiger partial charge in [-0.2, -0.15) is 5.10 Å². The molecule has 0 bridgehead atoms. The van der Waals surface area contributed by atoms with Crippen molar-refractivity contribution < 1.29 is 4.42 Å². The molecule has 2 heterocycles. The highest BCUT2D eigenvalue weighted by Crippen LogP contribution is 2.11. The third-order valence-corrected chi connectivity index (χ3v) is 3.36. The second-order valence-corrected chi connectivity index (χ2v) is 4.68. The summed E-state index contributed by atoms with van der Waals surface area (Å²) in [5.74, 6) is 0.758. The van der Waals surface area contributed by atoms with Crippen LogP contribution in [0.25, 0.3) is 0 Å². The minimum absolute atomic E-state index is 0.682. The van der Waals surface area contributed by atoms with Crippen molar-refractivity contribution in [2.45, 2.75) is 26.9 Å². The Morgan fingerprint density at radius 1 is 1.35 bits per heavy atom. The number of hydrogen-bond donors (Lipinski definition) is 2. The first-order chi connectivity index (χ1) is 9.61. The smallest absolute Gasteiger partial charge is 0.191 e. The third-order valence-electron chi connectivity index (χ3n) is 3.36. The van der Waals surface area contributed by atoms with Gasteiger partial charge in [-0.3, -0.25) is 9.67 Å². The van der Waals surface area contributed by atoms with Gasteiger partial charge in [-0.1, -0.05) is 0 Å². The Kier molecular flexibility index (Phi) is 4.45. The van der Waals surface area contributed by atoms with Crippen LogP contribution in [0.3, 0.4) is 0 Å². The Morgan fingerprint density at radius 2 is 2.10 bits per heavy atom. The number of guanidine groups is 1. The average molecular weight is 275 g/mol. The van der Waals surface area contributed by atoms with E-state index < -0.39 is 0 Å². The van der Waals surface area contributed by atoms with Crippen LogP contribution in [0, 0.1) is 13.8 Å². The molecule has 0 saturated heterocycles. The fourth-order valence-corrected chi connectivity index (χ4v) is 2.05. The van der Waals surface area contributed by atoms with Crippen LogP contribution >= 0.6 is 0 Å². The lowest BCUT2D eigenvalue weighted by Crippen LogP contribution is -2.36. The van der Waals surface area contributed by atoms with E-state index in [0.717, 1.165) is 17.2 Å². The van der Waals surface area contributed by atoms with E-state index in [4.69, 9.17) is 4.42 Å². The summed E-state index contributed by atoms with van der Waals surface area (Å²) >= 11 is 0. The standard InChI is InChI=1S/C14H21N5O/c1-10-13(11(2)19(4)18-10)8-17-14(15-3)16-7-12-5-6-20-9-12/h5-6,9H,7-8H2,1-4H3,(H2,15,16,17). The molecule has 0 amide bonds. The molecule has 0 saturated carbocycles. The van der Waals surface area contributed by atoms with E-state index in [1.807, 2.05) is 24.7 Å². The van der Waals surface area contributed by atoms with E-state index in [1.165, 1.54) is 11.3 Å². The fourth-order valence-electron chi connectivity index (χ4n) is 2.05. The minimum Gasteiger partial charge on any atom is -0.472 e. The molecule has 20 heavy (non-hydrogen) atoms. The summed E-state index contributed by atoms with van der Waals surface area (Å²) in [6.07, 6.45) is 3.38. The molecule has 0 atom stereocenters. The Labute approximate surface area is 118 Å². The molecule has 108 valence electrons. The lowest BCUT2D eigenvalue weighted by atomic mass is 10.2. The molecule has 2 aromatic rings. The molecule has 2 N–H and O–H groups in total. The van der Waals surface area contributed by atoms with E-state index in [9.17, 15) is 0 Å². The van der Waals surface area contributed by atoms with Gasteiger partial charge in [0.25, 0.3) is 0 Å². The van der Waals surface area contributed by atoms with Gasteiger partial charge in [0.05, 0.1) is 18.2 Å². The van der Waals surface area contributed by atoms with Crippen LogP contribution in [0.1, 0.15) is 22.5 Å². The Balaban J connectivity index is 1.91. The van der Waals surface area contributed by atoms with Crippen LogP contribution < -0.4 is 10.6 Å². The molecule has 6 heteroatoms. The van der Waals surface area contributed by atoms with Crippen molar-refractivity contribution >= 4 is 5.96 Å². The summed E-state index contributed by atoms with van der Waals surface area (Å²) < 4.78 is 6.93. The number of nitrogens with zero attached hydrogens (tertiary/aromatic N) is 3. The van der Waals surface area contributed by atoms with Crippen molar-refractivity contribution in [2.24, 2.45) is 12.0 Å². The van der Waals surface area contributed by atoms with Gasteiger partial charge in [0.15, 0.2) is 5.96 Å². The van der Waals surface area contributed by atoms with Gasteiger partial charge >= 0.3 is 0 Å². The van der Waals surface area contributed by atoms with Crippen LogP contribution in [0.2, 0.25) is 0 Å². The van der Waals surface area contributed by atoms with Crippen molar-refractivity contribution in [2.75, 3.05) is 7.05 Å². The molecule has 0 aliphatic carbocycles. The molecule has 0 aliphatic rings. The predicted molar refractivity (Wildman–Crippen MR) is 78.4 cm³/mol. The first kappa shape index (κ1) is 14.2. The fraction of sp³-hybridized carbons (Fsp3) is 0.429. The van der Waals surface area contributed by atoms with Crippen molar-refractivity contribution in [3.8, 4) is 0 Å². The Hall–Kier alpha value is -2.24. The third kappa shape index (κ3) is 3.20. The zero-order chi connectivity index (χ0) is 14.5. The number of aliphatic imine (C=N–C) groups is 1. The van der Waals surface area contributed by atoms with Crippen molar-refractivity contribution in [3.05, 3.63) is 41.1 Å². The maximum Gasteiger partial charge on any atom is 0.191 e. The van der Waals surface area contributed by atoms with E-state index in [-0.39, 0.29) is 0 Å². The van der Waals surface area contributed by atoms with Crippen LogP contribution in [0.5, 0.6) is 0 Å². The number of aryl methyl sites for hydroxylation is 2. The maximum absolute atomic E-state index is 5.03. The van der Waals surface area contributed by atoms with Crippen molar-refractivity contribution in [1.29, 1.82) is 0 Å². The number of furan rings is 1. The quantitative estimate of drug-likeness (QED) is 0.655. The number of nitrogens with one attached hydrogen (secondary N) is 2. The van der Waals surface area contributed by atoms with E-state index >= 15 is 0 Å². The van der Waals surface area contributed by atoms with Crippen molar-refractivity contribution in [1.82, 2.24) is 20.4 Å². The normalized spacial score (nSPS) is 11.7. The van der Waals surface area contributed by atoms with E-state index in [0.29, 0.717) is 13.1 Å². The summed E-state index contributed by atoms with van der Waals surface area (Å²) in [6.45, 7) is 5.47. The molecular formula is C14H21N5O. The lowest BCUT2D eigenvalue weighted by Gasteiger charge is -2.11. The average Bonchev–Trinajstić information content (AvgIpc) is 3.02. The van der Waals surface area contributed by atoms with Gasteiger partial charge in [-0.25, -0.2) is 0 Å². The first-order valence-electron chi connectivity index (χ1n) is 6.56. The zero-order valence-electron chi connectivity index (χ0n) is 12.4. The molecule has 2 rings (SSSR count). The van der Waals surface area contributed by atoms with E-state index in [2.05, 4.69) is 27.6 Å². The van der Waals surface area contributed by atoms with Crippen LogP contribution in [-0.4, -0.2) is 22.8 Å². The summed E-state index contributed by atoms with van der Waals surface area (Å²) in [5.41, 5.74) is 4.50. The van der Waals surface area contributed by atoms with Crippen LogP contribution in [0.15, 0.2) is 28.0 Å². The van der Waals surface area contributed by atoms with Crippen LogP contribution in [0.4, 0.5) is 0 Å². The molecular weight excluding hydrogens is 254 g/mol. The van der Waals surface area contributed by atoms with Crippen molar-refractivity contribution in [3.63, 3.8) is 0 Å². The van der Waals surface area contributed by atoms with Crippen LogP contribution in [-0.2, 0) is 20.1 Å². The van der Waals surface area contributed by atoms with Gasteiger partial charge in [-0.05, 0) is 19.9 Å². The lowest BCUT2D eigenvalue weighted by molar-refractivity contribution is 0.563. The maximum atomic E-state index is 5.03. The predicted octanol–water partition coefficient (Wildman–Crippen LogP) is 1.50. The van der Waals surface area contributed by atoms with E-state index in [1.54, 1.807) is 19.6 Å². The molecule has 0 radical (unpaired) electrons. The van der Waals surface area contributed by atoms with Gasteiger partial charge in [-0.15, -0.1) is 0 Å². The second kappa shape index (κ2) is 6.27. The number of rotatable bonds is 4. The summed E-state index contributed by atoms with van der Waals surface area (Å²) in [6, 6.07) is 1.93. The summed E-state index contributed by atoms with van der Waals surface area (Å²) in [4.78, 5) is 4.21. The van der Waals surface area contributed by atoms with Gasteiger partial charge in [0.2, 0.25) is 0 Å². The molecule has 6 nitrogen and oxygen atoms in total. The largest absolute Gasteiger partial charge is 0.472 e. The highest BCUT2D eigenvalue weighted by Gasteiger charge is 2.09. The van der Waals surface area contributed by atoms with Gasteiger partial charge < -0.3 is 15.1 Å². The molecule has 0 spiro atoms. The Bertz CT molecular complexity index is 583. The molecule has 0 fully saturated rings. The molecule has 0 aromatic carbocycles. The van der Waals surface area contributed by atoms with Gasteiger partial charge in [0, 0.05) is 44.0 Å². The monoisotopic (exact) mass is 275 g/mol. The molecule has 2 aromatic heterocycles. The zero-order valence-corrected chi connectivity index (χ0v) is 12.4. The molecule has 0 aliphatic heterocycles. The topological polar surface area (TPSA) is 67.4 Å². The number of hydrogen-bond acceptors (Lipinski definition) is 3.